The van der Waals surface area contributed by atoms with Crippen LogP contribution in [0, 0.1) is 0 Å². The second kappa shape index (κ2) is 37.0. The van der Waals surface area contributed by atoms with Crippen LogP contribution in [0.2, 0.25) is 0 Å². The summed E-state index contributed by atoms with van der Waals surface area (Å²) in [6.45, 7) is 3.43. The first-order valence-corrected chi connectivity index (χ1v) is 20.6. The van der Waals surface area contributed by atoms with Crippen LogP contribution < -0.4 is 5.73 Å². The number of nitrogens with two attached hydrogens (primary N) is 1. The zero-order valence-electron chi connectivity index (χ0n) is 31.5. The van der Waals surface area contributed by atoms with Crippen LogP contribution in [0.4, 0.5) is 0 Å². The summed E-state index contributed by atoms with van der Waals surface area (Å²) in [5.74, 6) is -0.935. The maximum absolute atomic E-state index is 12.5. The van der Waals surface area contributed by atoms with Crippen molar-refractivity contribution in [1.82, 2.24) is 0 Å². The highest BCUT2D eigenvalue weighted by atomic mass is 31.2. The normalized spacial score (nSPS) is 14.4. The number of unbranched alkanes of at least 4 members (excludes halogenated alkanes) is 11. The summed E-state index contributed by atoms with van der Waals surface area (Å²) < 4.78 is 32.5. The zero-order chi connectivity index (χ0) is 37.5. The molecule has 0 fully saturated rings. The van der Waals surface area contributed by atoms with E-state index >= 15 is 0 Å². The number of ether oxygens (including phenoxy) is 2. The van der Waals surface area contributed by atoms with Gasteiger partial charge in [0.05, 0.1) is 13.2 Å². The molecule has 0 aliphatic carbocycles. The van der Waals surface area contributed by atoms with Crippen molar-refractivity contribution in [2.75, 3.05) is 26.4 Å². The number of phosphoric ester groups is 1. The lowest BCUT2D eigenvalue weighted by molar-refractivity contribution is -0.161. The Morgan fingerprint density at radius 2 is 1.18 bits per heavy atom. The molecule has 51 heavy (non-hydrogen) atoms. The van der Waals surface area contributed by atoms with E-state index in [1.54, 1.807) is 0 Å². The molecule has 3 N–H and O–H groups in total. The summed E-state index contributed by atoms with van der Waals surface area (Å²) in [5.41, 5.74) is 5.32. The Balaban J connectivity index is 4.34. The second-order valence-electron chi connectivity index (χ2n) is 12.2. The largest absolute Gasteiger partial charge is 0.472 e. The van der Waals surface area contributed by atoms with Crippen molar-refractivity contribution in [3.8, 4) is 0 Å². The molecule has 2 unspecified atom stereocenters. The van der Waals surface area contributed by atoms with Crippen LogP contribution in [0.1, 0.15) is 129 Å². The van der Waals surface area contributed by atoms with Gasteiger partial charge in [-0.05, 0) is 57.8 Å². The van der Waals surface area contributed by atoms with E-state index in [0.29, 0.717) is 19.3 Å². The second-order valence-corrected chi connectivity index (χ2v) is 13.6. The van der Waals surface area contributed by atoms with E-state index in [4.69, 9.17) is 24.3 Å². The number of hydrogen-bond acceptors (Lipinski definition) is 8. The van der Waals surface area contributed by atoms with Gasteiger partial charge in [0.15, 0.2) is 6.10 Å². The molecule has 0 spiro atoms. The van der Waals surface area contributed by atoms with Crippen molar-refractivity contribution in [3.05, 3.63) is 85.1 Å². The van der Waals surface area contributed by atoms with Crippen LogP contribution in [0.5, 0.6) is 0 Å². The van der Waals surface area contributed by atoms with Crippen molar-refractivity contribution >= 4 is 19.8 Å². The fourth-order valence-corrected chi connectivity index (χ4v) is 5.34. The molecular formula is C41H68NO8P. The summed E-state index contributed by atoms with van der Waals surface area (Å²) in [6, 6.07) is 0. The van der Waals surface area contributed by atoms with Crippen LogP contribution >= 0.6 is 7.82 Å². The fourth-order valence-electron chi connectivity index (χ4n) is 4.57. The maximum atomic E-state index is 12.5. The van der Waals surface area contributed by atoms with Gasteiger partial charge in [-0.1, -0.05) is 144 Å². The first kappa shape index (κ1) is 48.2. The molecule has 10 heteroatoms. The fraction of sp³-hybridized carbons (Fsp3) is 0.610. The molecule has 290 valence electrons. The molecule has 0 aromatic carbocycles. The van der Waals surface area contributed by atoms with Gasteiger partial charge in [0.25, 0.3) is 0 Å². The van der Waals surface area contributed by atoms with Crippen molar-refractivity contribution < 1.29 is 37.6 Å². The Labute approximate surface area is 309 Å². The SMILES string of the molecule is CC/C=C/C=C/C=C/C=C/C=C/CCCC(=O)OC(COC(=O)CCCCCCCCC/C=C/C/C=C/CCCCC)COP(=O)(O)OCCN. The van der Waals surface area contributed by atoms with Crippen molar-refractivity contribution in [3.63, 3.8) is 0 Å². The van der Waals surface area contributed by atoms with Gasteiger partial charge in [0.2, 0.25) is 0 Å². The molecule has 0 saturated heterocycles. The number of carbonyl (C=O) groups is 2. The molecule has 0 amide bonds. The van der Waals surface area contributed by atoms with E-state index < -0.39 is 32.5 Å². The average molecular weight is 734 g/mol. The van der Waals surface area contributed by atoms with Crippen LogP contribution in [0.3, 0.4) is 0 Å². The van der Waals surface area contributed by atoms with Gasteiger partial charge in [-0.3, -0.25) is 18.6 Å². The van der Waals surface area contributed by atoms with Crippen molar-refractivity contribution in [2.24, 2.45) is 5.73 Å². The molecule has 2 atom stereocenters. The zero-order valence-corrected chi connectivity index (χ0v) is 32.4. The van der Waals surface area contributed by atoms with E-state index in [9.17, 15) is 19.0 Å². The minimum absolute atomic E-state index is 0.0360. The standard InChI is InChI=1S/C41H68NO8P/c1-3-5-7-9-11-13-15-17-18-19-20-22-23-25-27-29-31-33-40(43)47-37-39(38-49-51(45,46)48-36-35-42)50-41(44)34-32-30-28-26-24-21-16-14-12-10-8-6-4-2/h6,8,10-14,16-18,21,24,26,28,39H,3-5,7,9,15,19-20,22-23,25,27,29-38,42H2,1-2H3,(H,45,46)/b8-6+,12-10+,13-11+,16-14+,18-17+,24-21+,28-26+. The third-order valence-corrected chi connectivity index (χ3v) is 8.38. The van der Waals surface area contributed by atoms with Gasteiger partial charge in [0.1, 0.15) is 6.61 Å². The molecule has 0 aromatic rings. The molecular weight excluding hydrogens is 665 g/mol. The Hall–Kier alpha value is -2.81. The number of phosphoric acid groups is 1. The van der Waals surface area contributed by atoms with Gasteiger partial charge >= 0.3 is 19.8 Å². The number of allylic oxidation sites excluding steroid dienone is 14. The number of hydrogen-bond donors (Lipinski definition) is 2. The molecule has 0 aliphatic heterocycles. The van der Waals surface area contributed by atoms with E-state index in [1.165, 1.54) is 44.9 Å². The van der Waals surface area contributed by atoms with E-state index in [1.807, 2.05) is 54.7 Å². The monoisotopic (exact) mass is 733 g/mol. The number of esters is 2. The average Bonchev–Trinajstić information content (AvgIpc) is 3.11. The van der Waals surface area contributed by atoms with Gasteiger partial charge in [0, 0.05) is 19.4 Å². The van der Waals surface area contributed by atoms with Crippen LogP contribution in [-0.2, 0) is 32.7 Å². The highest BCUT2D eigenvalue weighted by Gasteiger charge is 2.25. The van der Waals surface area contributed by atoms with E-state index in [0.717, 1.165) is 38.5 Å². The van der Waals surface area contributed by atoms with Crippen molar-refractivity contribution in [1.29, 1.82) is 0 Å². The molecule has 0 heterocycles. The van der Waals surface area contributed by atoms with Crippen LogP contribution in [0.25, 0.3) is 0 Å². The third-order valence-electron chi connectivity index (χ3n) is 7.39. The first-order valence-electron chi connectivity index (χ1n) is 19.1. The molecule has 0 aromatic heterocycles. The molecule has 9 nitrogen and oxygen atoms in total. The predicted molar refractivity (Wildman–Crippen MR) is 210 cm³/mol. The minimum Gasteiger partial charge on any atom is -0.462 e. The summed E-state index contributed by atoms with van der Waals surface area (Å²) in [7, 11) is -4.40. The Morgan fingerprint density at radius 3 is 1.80 bits per heavy atom. The molecule has 0 aliphatic rings. The predicted octanol–water partition coefficient (Wildman–Crippen LogP) is 10.5. The Morgan fingerprint density at radius 1 is 0.627 bits per heavy atom. The van der Waals surface area contributed by atoms with Gasteiger partial charge in [-0.15, -0.1) is 0 Å². The van der Waals surface area contributed by atoms with E-state index in [2.05, 4.69) is 44.2 Å². The Kier molecular flexibility index (Phi) is 34.9. The van der Waals surface area contributed by atoms with Crippen molar-refractivity contribution in [2.45, 2.75) is 136 Å². The topological polar surface area (TPSA) is 134 Å². The van der Waals surface area contributed by atoms with Crippen LogP contribution in [-0.4, -0.2) is 49.3 Å². The number of rotatable bonds is 34. The highest BCUT2D eigenvalue weighted by Crippen LogP contribution is 2.43. The van der Waals surface area contributed by atoms with Gasteiger partial charge in [-0.2, -0.15) is 0 Å². The molecule has 0 rings (SSSR count). The minimum atomic E-state index is -4.40. The molecule has 0 bridgehead atoms. The lowest BCUT2D eigenvalue weighted by atomic mass is 10.1. The summed E-state index contributed by atoms with van der Waals surface area (Å²) in [5, 5.41) is 0. The summed E-state index contributed by atoms with van der Waals surface area (Å²) >= 11 is 0. The third kappa shape index (κ3) is 36.8. The maximum Gasteiger partial charge on any atom is 0.472 e. The summed E-state index contributed by atoms with van der Waals surface area (Å²) in [4.78, 5) is 34.7. The van der Waals surface area contributed by atoms with E-state index in [-0.39, 0.29) is 32.6 Å². The van der Waals surface area contributed by atoms with Gasteiger partial charge in [-0.25, -0.2) is 4.57 Å². The first-order chi connectivity index (χ1) is 24.8. The lowest BCUT2D eigenvalue weighted by Gasteiger charge is -2.19. The Bertz CT molecular complexity index is 1110. The summed E-state index contributed by atoms with van der Waals surface area (Å²) in [6.07, 6.45) is 44.8. The highest BCUT2D eigenvalue weighted by molar-refractivity contribution is 7.47. The smallest absolute Gasteiger partial charge is 0.462 e. The quantitative estimate of drug-likeness (QED) is 0.0218. The lowest BCUT2D eigenvalue weighted by Crippen LogP contribution is -2.29. The van der Waals surface area contributed by atoms with Crippen LogP contribution in [0.15, 0.2) is 85.1 Å². The number of carbonyl (C=O) groups excluding carboxylic acids is 2. The molecule has 0 radical (unpaired) electrons. The van der Waals surface area contributed by atoms with Gasteiger partial charge < -0.3 is 20.1 Å². The molecule has 0 saturated carbocycles.